The maximum absolute atomic E-state index is 12.5. The Bertz CT molecular complexity index is 1040. The molecule has 0 unspecified atom stereocenters. The van der Waals surface area contributed by atoms with Gasteiger partial charge >= 0.3 is 6.36 Å². The molecule has 0 atom stereocenters. The Morgan fingerprint density at radius 3 is 2.63 bits per heavy atom. The first-order valence-electron chi connectivity index (χ1n) is 8.96. The molecule has 3 aromatic rings. The van der Waals surface area contributed by atoms with Crippen molar-refractivity contribution in [3.05, 3.63) is 59.9 Å². The highest BCUT2D eigenvalue weighted by molar-refractivity contribution is 5.96. The molecule has 0 bridgehead atoms. The Kier molecular flexibility index (Phi) is 6.19. The zero-order valence-electron chi connectivity index (χ0n) is 16.2. The van der Waals surface area contributed by atoms with Crippen LogP contribution in [-0.2, 0) is 0 Å². The molecule has 0 saturated heterocycles. The molecular formula is C19H19F3N6O2. The average molecular weight is 420 g/mol. The summed E-state index contributed by atoms with van der Waals surface area (Å²) in [5.74, 6) is 1.27. The monoisotopic (exact) mass is 420 g/mol. The number of para-hydroxylation sites is 1. The Labute approximate surface area is 170 Å². The third kappa shape index (κ3) is 5.46. The highest BCUT2D eigenvalue weighted by Crippen LogP contribution is 2.26. The van der Waals surface area contributed by atoms with E-state index in [1.165, 1.54) is 18.2 Å². The number of alkyl halides is 3. The molecule has 1 amide bonds. The number of anilines is 1. The molecule has 3 rings (SSSR count). The molecule has 8 nitrogen and oxygen atoms in total. The number of carbonyl (C=O) groups is 1. The highest BCUT2D eigenvalue weighted by Gasteiger charge is 2.32. The zero-order valence-corrected chi connectivity index (χ0v) is 16.2. The molecule has 0 aliphatic carbocycles. The summed E-state index contributed by atoms with van der Waals surface area (Å²) in [5.41, 5.74) is -0.203. The third-order valence-electron chi connectivity index (χ3n) is 3.97. The van der Waals surface area contributed by atoms with Gasteiger partial charge in [0.05, 0.1) is 5.56 Å². The van der Waals surface area contributed by atoms with Crippen LogP contribution in [0.2, 0.25) is 0 Å². The number of rotatable bonds is 7. The standard InChI is InChI=1S/C19H19F3N6O2/c1-12-26-16(11-17(27-12)28-10-9-23-13(28)2)24-7-8-25-18(29)14-5-3-4-6-15(14)30-19(20,21)22/h3-6,9-11H,7-8H2,1-2H3,(H,25,29)(H,24,26,27). The number of hydrogen-bond acceptors (Lipinski definition) is 6. The first-order chi connectivity index (χ1) is 14.2. The van der Waals surface area contributed by atoms with Gasteiger partial charge in [0, 0.05) is 31.5 Å². The van der Waals surface area contributed by atoms with Gasteiger partial charge in [0.1, 0.15) is 29.0 Å². The number of amides is 1. The van der Waals surface area contributed by atoms with Crippen LogP contribution in [0.4, 0.5) is 19.0 Å². The van der Waals surface area contributed by atoms with Gasteiger partial charge in [-0.15, -0.1) is 13.2 Å². The minimum absolute atomic E-state index is 0.154. The normalized spacial score (nSPS) is 11.2. The molecule has 0 fully saturated rings. The van der Waals surface area contributed by atoms with Crippen molar-refractivity contribution in [2.75, 3.05) is 18.4 Å². The van der Waals surface area contributed by atoms with Gasteiger partial charge in [0.25, 0.3) is 5.91 Å². The van der Waals surface area contributed by atoms with E-state index < -0.39 is 18.0 Å². The van der Waals surface area contributed by atoms with E-state index in [1.54, 1.807) is 30.0 Å². The molecule has 0 radical (unpaired) electrons. The molecular weight excluding hydrogens is 401 g/mol. The summed E-state index contributed by atoms with van der Waals surface area (Å²) in [7, 11) is 0. The van der Waals surface area contributed by atoms with Crippen molar-refractivity contribution in [1.29, 1.82) is 0 Å². The molecule has 2 N–H and O–H groups in total. The van der Waals surface area contributed by atoms with Crippen molar-refractivity contribution in [2.24, 2.45) is 0 Å². The molecule has 11 heteroatoms. The summed E-state index contributed by atoms with van der Waals surface area (Å²) in [6.07, 6.45) is -1.44. The number of aryl methyl sites for hydroxylation is 2. The Hall–Kier alpha value is -3.63. The van der Waals surface area contributed by atoms with E-state index in [4.69, 9.17) is 0 Å². The van der Waals surface area contributed by atoms with E-state index in [0.717, 1.165) is 11.9 Å². The molecule has 0 aliphatic heterocycles. The van der Waals surface area contributed by atoms with Crippen LogP contribution in [-0.4, -0.2) is 44.9 Å². The minimum Gasteiger partial charge on any atom is -0.405 e. The topological polar surface area (TPSA) is 94.0 Å². The SMILES string of the molecule is Cc1nc(NCCNC(=O)c2ccccc2OC(F)(F)F)cc(-n2ccnc2C)n1. The van der Waals surface area contributed by atoms with Crippen molar-refractivity contribution in [3.8, 4) is 11.6 Å². The first-order valence-corrected chi connectivity index (χ1v) is 8.96. The van der Waals surface area contributed by atoms with Crippen molar-refractivity contribution >= 4 is 11.7 Å². The fourth-order valence-corrected chi connectivity index (χ4v) is 2.72. The number of hydrogen-bond donors (Lipinski definition) is 2. The number of nitrogens with zero attached hydrogens (tertiary/aromatic N) is 4. The maximum atomic E-state index is 12.5. The highest BCUT2D eigenvalue weighted by atomic mass is 19.4. The Morgan fingerprint density at radius 1 is 1.17 bits per heavy atom. The van der Waals surface area contributed by atoms with Crippen molar-refractivity contribution < 1.29 is 22.7 Å². The van der Waals surface area contributed by atoms with E-state index in [9.17, 15) is 18.0 Å². The van der Waals surface area contributed by atoms with Gasteiger partial charge in [-0.05, 0) is 26.0 Å². The molecule has 0 saturated carbocycles. The molecule has 30 heavy (non-hydrogen) atoms. The lowest BCUT2D eigenvalue weighted by atomic mass is 10.2. The summed E-state index contributed by atoms with van der Waals surface area (Å²) < 4.78 is 43.2. The van der Waals surface area contributed by atoms with Gasteiger partial charge in [-0.1, -0.05) is 12.1 Å². The maximum Gasteiger partial charge on any atom is 0.573 e. The molecule has 0 aliphatic rings. The van der Waals surface area contributed by atoms with Crippen molar-refractivity contribution in [3.63, 3.8) is 0 Å². The molecule has 2 aromatic heterocycles. The van der Waals surface area contributed by atoms with Crippen LogP contribution in [0.15, 0.2) is 42.7 Å². The van der Waals surface area contributed by atoms with Gasteiger partial charge in [-0.25, -0.2) is 15.0 Å². The second-order valence-electron chi connectivity index (χ2n) is 6.23. The van der Waals surface area contributed by atoms with E-state index in [0.29, 0.717) is 24.0 Å². The van der Waals surface area contributed by atoms with Crippen LogP contribution in [0, 0.1) is 13.8 Å². The number of carbonyl (C=O) groups excluding carboxylic acids is 1. The molecule has 0 spiro atoms. The van der Waals surface area contributed by atoms with Gasteiger partial charge in [-0.2, -0.15) is 0 Å². The largest absolute Gasteiger partial charge is 0.573 e. The van der Waals surface area contributed by atoms with Crippen molar-refractivity contribution in [2.45, 2.75) is 20.2 Å². The lowest BCUT2D eigenvalue weighted by molar-refractivity contribution is -0.274. The van der Waals surface area contributed by atoms with E-state index in [1.807, 2.05) is 6.92 Å². The summed E-state index contributed by atoms with van der Waals surface area (Å²) in [4.78, 5) is 25.1. The smallest absolute Gasteiger partial charge is 0.405 e. The minimum atomic E-state index is -4.88. The molecule has 1 aromatic carbocycles. The second-order valence-corrected chi connectivity index (χ2v) is 6.23. The predicted octanol–water partition coefficient (Wildman–Crippen LogP) is 3.02. The summed E-state index contributed by atoms with van der Waals surface area (Å²) >= 11 is 0. The van der Waals surface area contributed by atoms with Crippen LogP contribution < -0.4 is 15.4 Å². The third-order valence-corrected chi connectivity index (χ3v) is 3.97. The van der Waals surface area contributed by atoms with Crippen LogP contribution in [0.3, 0.4) is 0 Å². The van der Waals surface area contributed by atoms with Gasteiger partial charge in [0.2, 0.25) is 0 Å². The Morgan fingerprint density at radius 2 is 1.93 bits per heavy atom. The number of nitrogens with one attached hydrogen (secondary N) is 2. The molecule has 2 heterocycles. The van der Waals surface area contributed by atoms with Gasteiger partial charge in [-0.3, -0.25) is 9.36 Å². The Balaban J connectivity index is 1.59. The van der Waals surface area contributed by atoms with Crippen LogP contribution >= 0.6 is 0 Å². The fraction of sp³-hybridized carbons (Fsp3) is 0.263. The number of aromatic nitrogens is 4. The lowest BCUT2D eigenvalue weighted by Gasteiger charge is -2.13. The second kappa shape index (κ2) is 8.80. The average Bonchev–Trinajstić information content (AvgIpc) is 3.10. The van der Waals surface area contributed by atoms with Crippen LogP contribution in [0.5, 0.6) is 5.75 Å². The van der Waals surface area contributed by atoms with Gasteiger partial charge < -0.3 is 15.4 Å². The quantitative estimate of drug-likeness (QED) is 0.571. The number of halogens is 3. The van der Waals surface area contributed by atoms with E-state index >= 15 is 0 Å². The van der Waals surface area contributed by atoms with E-state index in [2.05, 4.69) is 30.3 Å². The number of imidazole rings is 1. The number of benzene rings is 1. The number of ether oxygens (including phenoxy) is 1. The first kappa shape index (κ1) is 21.1. The lowest BCUT2D eigenvalue weighted by Crippen LogP contribution is -2.30. The fourth-order valence-electron chi connectivity index (χ4n) is 2.72. The van der Waals surface area contributed by atoms with Gasteiger partial charge in [0.15, 0.2) is 0 Å². The zero-order chi connectivity index (χ0) is 21.7. The summed E-state index contributed by atoms with van der Waals surface area (Å²) in [6.45, 7) is 4.05. The van der Waals surface area contributed by atoms with E-state index in [-0.39, 0.29) is 12.1 Å². The molecule has 158 valence electrons. The summed E-state index contributed by atoms with van der Waals surface area (Å²) in [5, 5.41) is 5.61. The van der Waals surface area contributed by atoms with Crippen molar-refractivity contribution in [1.82, 2.24) is 24.8 Å². The predicted molar refractivity (Wildman–Crippen MR) is 103 cm³/mol. The van der Waals surface area contributed by atoms with Crippen LogP contribution in [0.1, 0.15) is 22.0 Å². The summed E-state index contributed by atoms with van der Waals surface area (Å²) in [6, 6.07) is 6.90. The van der Waals surface area contributed by atoms with Crippen LogP contribution in [0.25, 0.3) is 5.82 Å².